The number of methoxy groups -OCH3 is 2. The van der Waals surface area contributed by atoms with Crippen LogP contribution in [0.1, 0.15) is 31.2 Å². The molecule has 1 aliphatic heterocycles. The van der Waals surface area contributed by atoms with Gasteiger partial charge in [0.25, 0.3) is 0 Å². The van der Waals surface area contributed by atoms with Crippen molar-refractivity contribution in [2.45, 2.75) is 32.2 Å². The summed E-state index contributed by atoms with van der Waals surface area (Å²) in [6.45, 7) is 1.48. The molecule has 1 aromatic rings. The van der Waals surface area contributed by atoms with Crippen molar-refractivity contribution < 1.29 is 22.7 Å². The minimum Gasteiger partial charge on any atom is -0.497 e. The third-order valence-electron chi connectivity index (χ3n) is 4.70. The smallest absolute Gasteiger partial charge is 0.220 e. The number of nitrogens with one attached hydrogen (secondary N) is 1. The SMILES string of the molecule is COc1ccc(CNC(=O)CCC2CCCN(S(C)(=O)=O)C2)c(OC)c1. The lowest BCUT2D eigenvalue weighted by Gasteiger charge is -2.30. The average Bonchev–Trinajstić information content (AvgIpc) is 2.64. The number of carbonyl (C=O) groups is 1. The summed E-state index contributed by atoms with van der Waals surface area (Å²) in [5.41, 5.74) is 0.877. The molecule has 1 saturated heterocycles. The molecule has 1 atom stereocenters. The number of piperidine rings is 1. The van der Waals surface area contributed by atoms with Crippen molar-refractivity contribution >= 4 is 15.9 Å². The first-order valence-electron chi connectivity index (χ1n) is 8.76. The molecule has 0 aromatic heterocycles. The van der Waals surface area contributed by atoms with E-state index in [9.17, 15) is 13.2 Å². The lowest BCUT2D eigenvalue weighted by atomic mass is 9.94. The van der Waals surface area contributed by atoms with Crippen LogP contribution in [0.3, 0.4) is 0 Å². The van der Waals surface area contributed by atoms with Crippen LogP contribution in [0.5, 0.6) is 11.5 Å². The Morgan fingerprint density at radius 3 is 2.73 bits per heavy atom. The largest absolute Gasteiger partial charge is 0.497 e. The fourth-order valence-corrected chi connectivity index (χ4v) is 4.12. The standard InChI is InChI=1S/C18H28N2O5S/c1-24-16-8-7-15(17(11-16)25-2)12-19-18(21)9-6-14-5-4-10-20(13-14)26(3,22)23/h7-8,11,14H,4-6,9-10,12-13H2,1-3H3,(H,19,21). The van der Waals surface area contributed by atoms with Gasteiger partial charge in [-0.15, -0.1) is 0 Å². The highest BCUT2D eigenvalue weighted by atomic mass is 32.2. The van der Waals surface area contributed by atoms with Gasteiger partial charge < -0.3 is 14.8 Å². The van der Waals surface area contributed by atoms with E-state index in [1.165, 1.54) is 10.6 Å². The van der Waals surface area contributed by atoms with E-state index in [0.717, 1.165) is 18.4 Å². The second kappa shape index (κ2) is 9.23. The summed E-state index contributed by atoms with van der Waals surface area (Å²) in [6, 6.07) is 5.47. The molecule has 2 rings (SSSR count). The summed E-state index contributed by atoms with van der Waals surface area (Å²) in [5, 5.41) is 2.90. The zero-order chi connectivity index (χ0) is 19.2. The summed E-state index contributed by atoms with van der Waals surface area (Å²) in [6.07, 6.45) is 4.14. The molecule has 0 radical (unpaired) electrons. The van der Waals surface area contributed by atoms with Crippen molar-refractivity contribution in [3.05, 3.63) is 23.8 Å². The van der Waals surface area contributed by atoms with Gasteiger partial charge in [0.1, 0.15) is 11.5 Å². The van der Waals surface area contributed by atoms with Crippen molar-refractivity contribution in [3.8, 4) is 11.5 Å². The Bertz CT molecular complexity index is 720. The third kappa shape index (κ3) is 5.88. The molecular weight excluding hydrogens is 356 g/mol. The monoisotopic (exact) mass is 384 g/mol. The van der Waals surface area contributed by atoms with Gasteiger partial charge in [-0.1, -0.05) is 0 Å². The molecule has 146 valence electrons. The maximum Gasteiger partial charge on any atom is 0.220 e. The number of carbonyl (C=O) groups excluding carboxylic acids is 1. The van der Waals surface area contributed by atoms with E-state index in [1.54, 1.807) is 20.3 Å². The molecule has 8 heteroatoms. The highest BCUT2D eigenvalue weighted by molar-refractivity contribution is 7.88. The molecule has 0 saturated carbocycles. The first-order chi connectivity index (χ1) is 12.3. The van der Waals surface area contributed by atoms with Crippen molar-refractivity contribution in [2.75, 3.05) is 33.6 Å². The summed E-state index contributed by atoms with van der Waals surface area (Å²) >= 11 is 0. The molecule has 26 heavy (non-hydrogen) atoms. The fraction of sp³-hybridized carbons (Fsp3) is 0.611. The van der Waals surface area contributed by atoms with E-state index < -0.39 is 10.0 Å². The molecule has 0 aliphatic carbocycles. The molecule has 1 N–H and O–H groups in total. The predicted molar refractivity (Wildman–Crippen MR) is 99.8 cm³/mol. The fourth-order valence-electron chi connectivity index (χ4n) is 3.18. The van der Waals surface area contributed by atoms with E-state index in [0.29, 0.717) is 44.0 Å². The van der Waals surface area contributed by atoms with Crippen LogP contribution in [0.4, 0.5) is 0 Å². The quantitative estimate of drug-likeness (QED) is 0.738. The van der Waals surface area contributed by atoms with Gasteiger partial charge in [0.05, 0.1) is 20.5 Å². The topological polar surface area (TPSA) is 84.9 Å². The lowest BCUT2D eigenvalue weighted by molar-refractivity contribution is -0.121. The Morgan fingerprint density at radius 2 is 2.08 bits per heavy atom. The van der Waals surface area contributed by atoms with E-state index in [2.05, 4.69) is 5.32 Å². The average molecular weight is 384 g/mol. The molecular formula is C18H28N2O5S. The second-order valence-corrected chi connectivity index (χ2v) is 8.60. The number of sulfonamides is 1. The first-order valence-corrected chi connectivity index (χ1v) is 10.6. The predicted octanol–water partition coefficient (Wildman–Crippen LogP) is 1.77. The number of hydrogen-bond acceptors (Lipinski definition) is 5. The van der Waals surface area contributed by atoms with Crippen molar-refractivity contribution in [3.63, 3.8) is 0 Å². The van der Waals surface area contributed by atoms with Gasteiger partial charge in [-0.2, -0.15) is 0 Å². The number of ether oxygens (including phenoxy) is 2. The van der Waals surface area contributed by atoms with Crippen molar-refractivity contribution in [1.82, 2.24) is 9.62 Å². The molecule has 0 spiro atoms. The van der Waals surface area contributed by atoms with E-state index >= 15 is 0 Å². The minimum atomic E-state index is -3.15. The van der Waals surface area contributed by atoms with Gasteiger partial charge in [-0.25, -0.2) is 12.7 Å². The Balaban J connectivity index is 1.81. The molecule has 1 fully saturated rings. The second-order valence-electron chi connectivity index (χ2n) is 6.62. The maximum atomic E-state index is 12.2. The summed E-state index contributed by atoms with van der Waals surface area (Å²) in [5.74, 6) is 1.56. The van der Waals surface area contributed by atoms with Crippen molar-refractivity contribution in [1.29, 1.82) is 0 Å². The van der Waals surface area contributed by atoms with E-state index in [4.69, 9.17) is 9.47 Å². The maximum absolute atomic E-state index is 12.2. The zero-order valence-electron chi connectivity index (χ0n) is 15.7. The highest BCUT2D eigenvalue weighted by Crippen LogP contribution is 2.25. The van der Waals surface area contributed by atoms with Gasteiger partial charge in [-0.05, 0) is 37.3 Å². The van der Waals surface area contributed by atoms with Gasteiger partial charge in [0.15, 0.2) is 0 Å². The van der Waals surface area contributed by atoms with Gasteiger partial charge >= 0.3 is 0 Å². The zero-order valence-corrected chi connectivity index (χ0v) is 16.5. The summed E-state index contributed by atoms with van der Waals surface area (Å²) in [4.78, 5) is 12.2. The van der Waals surface area contributed by atoms with Crippen LogP contribution in [0, 0.1) is 5.92 Å². The number of amides is 1. The van der Waals surface area contributed by atoms with Crippen LogP contribution >= 0.6 is 0 Å². The number of rotatable bonds is 8. The summed E-state index contributed by atoms with van der Waals surface area (Å²) in [7, 11) is 0.0213. The van der Waals surface area contributed by atoms with Crippen LogP contribution in [-0.2, 0) is 21.4 Å². The Hall–Kier alpha value is -1.80. The molecule has 1 unspecified atom stereocenters. The molecule has 1 aromatic carbocycles. The Labute approximate surface area is 155 Å². The van der Waals surface area contributed by atoms with Gasteiger partial charge in [0, 0.05) is 37.7 Å². The third-order valence-corrected chi connectivity index (χ3v) is 5.97. The molecule has 1 aliphatic rings. The van der Waals surface area contributed by atoms with E-state index in [1.807, 2.05) is 12.1 Å². The van der Waals surface area contributed by atoms with Crippen molar-refractivity contribution in [2.24, 2.45) is 5.92 Å². The van der Waals surface area contributed by atoms with E-state index in [-0.39, 0.29) is 11.8 Å². The molecule has 0 bridgehead atoms. The summed E-state index contributed by atoms with van der Waals surface area (Å²) < 4.78 is 35.3. The van der Waals surface area contributed by atoms with Crippen LogP contribution in [0.15, 0.2) is 18.2 Å². The minimum absolute atomic E-state index is 0.0423. The normalized spacial score (nSPS) is 18.3. The first kappa shape index (κ1) is 20.5. The molecule has 7 nitrogen and oxygen atoms in total. The number of hydrogen-bond donors (Lipinski definition) is 1. The van der Waals surface area contributed by atoms with Gasteiger partial charge in [-0.3, -0.25) is 4.79 Å². The van der Waals surface area contributed by atoms with Crippen LogP contribution < -0.4 is 14.8 Å². The Morgan fingerprint density at radius 1 is 1.31 bits per heavy atom. The van der Waals surface area contributed by atoms with Gasteiger partial charge in [0.2, 0.25) is 15.9 Å². The lowest BCUT2D eigenvalue weighted by Crippen LogP contribution is -2.39. The van der Waals surface area contributed by atoms with Crippen LogP contribution in [0.2, 0.25) is 0 Å². The van der Waals surface area contributed by atoms with Crippen LogP contribution in [-0.4, -0.2) is 52.2 Å². The molecule has 1 heterocycles. The highest BCUT2D eigenvalue weighted by Gasteiger charge is 2.26. The molecule has 1 amide bonds. The number of benzene rings is 1. The number of nitrogens with zero attached hydrogens (tertiary/aromatic N) is 1. The van der Waals surface area contributed by atoms with Crippen LogP contribution in [0.25, 0.3) is 0 Å². The Kier molecular flexibility index (Phi) is 7.28.